The average molecular weight is 644 g/mol. The lowest BCUT2D eigenvalue weighted by atomic mass is 9.88. The Morgan fingerprint density at radius 1 is 0.636 bits per heavy atom. The standard InChI is InChI=1S/C13H6F17IO2/c1-4(32)33-3-5(31)2-6(14,15)7(16,17)8(18,19)9(20,21)10(22,23)11(24,25)12(26,27)13(28,29)30/h3H,2H2,1H3. The Bertz CT molecular complexity index is 767. The Morgan fingerprint density at radius 2 is 0.939 bits per heavy atom. The van der Waals surface area contributed by atoms with Crippen molar-refractivity contribution in [3.63, 3.8) is 0 Å². The Morgan fingerprint density at radius 3 is 1.24 bits per heavy atom. The molecule has 0 heterocycles. The highest BCUT2D eigenvalue weighted by molar-refractivity contribution is 14.1. The summed E-state index contributed by atoms with van der Waals surface area (Å²) in [5, 5.41) is 0. The van der Waals surface area contributed by atoms with E-state index in [-0.39, 0.29) is 6.26 Å². The summed E-state index contributed by atoms with van der Waals surface area (Å²) < 4.78 is 225. The molecule has 0 atom stereocenters. The molecule has 33 heavy (non-hydrogen) atoms. The predicted octanol–water partition coefficient (Wildman–Crippen LogP) is 7.23. The van der Waals surface area contributed by atoms with Crippen LogP contribution < -0.4 is 0 Å². The number of halogens is 18. The number of rotatable bonds is 9. The van der Waals surface area contributed by atoms with Gasteiger partial charge in [0, 0.05) is 10.5 Å². The van der Waals surface area contributed by atoms with Gasteiger partial charge in [-0.3, -0.25) is 4.79 Å². The zero-order valence-corrected chi connectivity index (χ0v) is 17.1. The van der Waals surface area contributed by atoms with E-state index < -0.39 is 63.6 Å². The summed E-state index contributed by atoms with van der Waals surface area (Å²) in [6.07, 6.45) is -10.7. The predicted molar refractivity (Wildman–Crippen MR) is 79.2 cm³/mol. The monoisotopic (exact) mass is 644 g/mol. The second kappa shape index (κ2) is 8.76. The minimum absolute atomic E-state index is 0.115. The Hall–Kier alpha value is -1.25. The minimum Gasteiger partial charge on any atom is -0.434 e. The maximum Gasteiger partial charge on any atom is 0.460 e. The van der Waals surface area contributed by atoms with Crippen molar-refractivity contribution in [3.05, 3.63) is 9.84 Å². The van der Waals surface area contributed by atoms with Gasteiger partial charge in [-0.1, -0.05) is 0 Å². The first-order chi connectivity index (χ1) is 14.1. The summed E-state index contributed by atoms with van der Waals surface area (Å²) in [6.45, 7) is 0.598. The molecule has 0 saturated carbocycles. The zero-order valence-electron chi connectivity index (χ0n) is 14.9. The van der Waals surface area contributed by atoms with Crippen molar-refractivity contribution in [3.8, 4) is 0 Å². The van der Waals surface area contributed by atoms with Crippen LogP contribution in [0.4, 0.5) is 74.6 Å². The molecule has 0 aliphatic carbocycles. The number of hydrogen-bond donors (Lipinski definition) is 0. The number of hydrogen-bond acceptors (Lipinski definition) is 2. The van der Waals surface area contributed by atoms with Gasteiger partial charge in [-0.25, -0.2) is 0 Å². The van der Waals surface area contributed by atoms with Gasteiger partial charge < -0.3 is 4.74 Å². The fraction of sp³-hybridized carbons (Fsp3) is 0.769. The van der Waals surface area contributed by atoms with E-state index in [9.17, 15) is 79.4 Å². The molecular weight excluding hydrogens is 638 g/mol. The maximum atomic E-state index is 13.6. The van der Waals surface area contributed by atoms with Crippen LogP contribution in [0.3, 0.4) is 0 Å². The van der Waals surface area contributed by atoms with Gasteiger partial charge in [0.25, 0.3) is 0 Å². The fourth-order valence-corrected chi connectivity index (χ4v) is 2.31. The van der Waals surface area contributed by atoms with Crippen LogP contribution in [0.15, 0.2) is 9.84 Å². The molecule has 2 nitrogen and oxygen atoms in total. The molecule has 0 unspecified atom stereocenters. The highest BCUT2D eigenvalue weighted by Gasteiger charge is 2.95. The molecule has 0 fully saturated rings. The van der Waals surface area contributed by atoms with Crippen LogP contribution in [0.2, 0.25) is 0 Å². The van der Waals surface area contributed by atoms with Gasteiger partial charge in [-0.2, -0.15) is 74.6 Å². The van der Waals surface area contributed by atoms with E-state index in [2.05, 4.69) is 4.74 Å². The molecular formula is C13H6F17IO2. The van der Waals surface area contributed by atoms with E-state index in [0.29, 0.717) is 29.5 Å². The molecule has 0 amide bonds. The van der Waals surface area contributed by atoms with Crippen LogP contribution in [-0.2, 0) is 9.53 Å². The van der Waals surface area contributed by atoms with E-state index in [4.69, 9.17) is 0 Å². The molecule has 0 aromatic carbocycles. The Balaban J connectivity index is 6.58. The van der Waals surface area contributed by atoms with E-state index in [1.807, 2.05) is 0 Å². The highest BCUT2D eigenvalue weighted by Crippen LogP contribution is 2.64. The first-order valence-corrected chi connectivity index (χ1v) is 8.37. The SMILES string of the molecule is CC(=O)OC=C(I)CC(F)(F)C(F)(F)C(F)(F)C(F)(F)C(F)(F)C(F)(F)C(F)(F)C(F)(F)F. The Labute approximate surface area is 184 Å². The second-order valence-electron chi connectivity index (χ2n) is 6.00. The minimum atomic E-state index is -8.66. The molecule has 0 saturated heterocycles. The highest BCUT2D eigenvalue weighted by atomic mass is 127. The van der Waals surface area contributed by atoms with Crippen LogP contribution in [-0.4, -0.2) is 53.6 Å². The topological polar surface area (TPSA) is 26.3 Å². The summed E-state index contributed by atoms with van der Waals surface area (Å²) in [7, 11) is 0. The number of carbonyl (C=O) groups excluding carboxylic acids is 1. The first kappa shape index (κ1) is 31.8. The van der Waals surface area contributed by atoms with Gasteiger partial charge in [0.15, 0.2) is 0 Å². The van der Waals surface area contributed by atoms with Crippen LogP contribution in [0.5, 0.6) is 0 Å². The van der Waals surface area contributed by atoms with Gasteiger partial charge in [-0.15, -0.1) is 0 Å². The van der Waals surface area contributed by atoms with E-state index >= 15 is 0 Å². The van der Waals surface area contributed by atoms with Crippen LogP contribution >= 0.6 is 22.6 Å². The molecule has 0 N–H and O–H groups in total. The summed E-state index contributed by atoms with van der Waals surface area (Å²) in [5.74, 6) is -58.0. The van der Waals surface area contributed by atoms with Gasteiger partial charge in [0.05, 0.1) is 6.42 Å². The van der Waals surface area contributed by atoms with Crippen molar-refractivity contribution < 1.29 is 84.2 Å². The van der Waals surface area contributed by atoms with E-state index in [1.54, 1.807) is 0 Å². The smallest absolute Gasteiger partial charge is 0.434 e. The van der Waals surface area contributed by atoms with E-state index in [1.165, 1.54) is 0 Å². The van der Waals surface area contributed by atoms with Crippen LogP contribution in [0.1, 0.15) is 13.3 Å². The molecule has 0 rings (SSSR count). The number of alkyl halides is 17. The normalized spacial score (nSPS) is 16.2. The summed E-state index contributed by atoms with van der Waals surface area (Å²) >= 11 is 0.583. The van der Waals surface area contributed by atoms with E-state index in [0.717, 1.165) is 0 Å². The largest absolute Gasteiger partial charge is 0.460 e. The molecule has 0 aliphatic rings. The zero-order chi connectivity index (χ0) is 27.3. The molecule has 0 bridgehead atoms. The number of esters is 1. The molecule has 0 aromatic heterocycles. The number of carbonyl (C=O) groups is 1. The maximum absolute atomic E-state index is 13.6. The lowest BCUT2D eigenvalue weighted by Crippen LogP contribution is -2.74. The average Bonchev–Trinajstić information content (AvgIpc) is 2.57. The third-order valence-corrected chi connectivity index (χ3v) is 4.17. The van der Waals surface area contributed by atoms with Crippen molar-refractivity contribution in [2.45, 2.75) is 61.0 Å². The molecule has 20 heteroatoms. The third kappa shape index (κ3) is 4.94. The third-order valence-electron chi connectivity index (χ3n) is 3.53. The lowest BCUT2D eigenvalue weighted by molar-refractivity contribution is -0.461. The quantitative estimate of drug-likeness (QED) is 0.115. The number of allylic oxidation sites excluding steroid dienone is 1. The first-order valence-electron chi connectivity index (χ1n) is 7.29. The summed E-state index contributed by atoms with van der Waals surface area (Å²) in [5.41, 5.74) is 0. The Kier molecular flexibility index (Phi) is 8.42. The molecule has 196 valence electrons. The number of ether oxygens (including phenoxy) is 1. The summed E-state index contributed by atoms with van der Waals surface area (Å²) in [4.78, 5) is 10.4. The lowest BCUT2D eigenvalue weighted by Gasteiger charge is -2.42. The molecule has 0 radical (unpaired) electrons. The van der Waals surface area contributed by atoms with Crippen LogP contribution in [0.25, 0.3) is 0 Å². The van der Waals surface area contributed by atoms with Crippen LogP contribution in [0, 0.1) is 0 Å². The van der Waals surface area contributed by atoms with Crippen molar-refractivity contribution in [1.82, 2.24) is 0 Å². The van der Waals surface area contributed by atoms with Crippen molar-refractivity contribution in [2.24, 2.45) is 0 Å². The fourth-order valence-electron chi connectivity index (χ4n) is 1.71. The molecule has 0 aliphatic heterocycles. The summed E-state index contributed by atoms with van der Waals surface area (Å²) in [6, 6.07) is 0. The molecule has 0 aromatic rings. The van der Waals surface area contributed by atoms with Gasteiger partial charge in [-0.05, 0) is 22.6 Å². The van der Waals surface area contributed by atoms with Crippen molar-refractivity contribution in [2.75, 3.05) is 0 Å². The van der Waals surface area contributed by atoms with Crippen molar-refractivity contribution >= 4 is 28.6 Å². The second-order valence-corrected chi connectivity index (χ2v) is 7.39. The van der Waals surface area contributed by atoms with Crippen molar-refractivity contribution in [1.29, 1.82) is 0 Å². The van der Waals surface area contributed by atoms with Gasteiger partial charge in [0.2, 0.25) is 0 Å². The van der Waals surface area contributed by atoms with Gasteiger partial charge in [0.1, 0.15) is 6.26 Å². The van der Waals surface area contributed by atoms with Gasteiger partial charge >= 0.3 is 53.6 Å². The molecule has 0 spiro atoms.